The molecule has 2 aromatic carbocycles. The number of carbonyl (C=O) groups excluding carboxylic acids is 3. The van der Waals surface area contributed by atoms with E-state index < -0.39 is 17.6 Å². The van der Waals surface area contributed by atoms with Gasteiger partial charge in [-0.1, -0.05) is 27.2 Å². The van der Waals surface area contributed by atoms with Gasteiger partial charge in [0.05, 0.1) is 38.5 Å². The summed E-state index contributed by atoms with van der Waals surface area (Å²) in [6, 6.07) is 14.6. The van der Waals surface area contributed by atoms with E-state index in [0.29, 0.717) is 62.8 Å². The predicted molar refractivity (Wildman–Crippen MR) is 176 cm³/mol. The number of hydrogen-bond donors (Lipinski definition) is 1. The van der Waals surface area contributed by atoms with Gasteiger partial charge in [0.2, 0.25) is 11.6 Å². The van der Waals surface area contributed by atoms with Crippen molar-refractivity contribution >= 4 is 40.6 Å². The zero-order chi connectivity index (χ0) is 32.4. The molecule has 3 heterocycles. The number of carbonyl (C=O) groups is 3. The molecule has 2 amide bonds. The van der Waals surface area contributed by atoms with E-state index in [9.17, 15) is 14.4 Å². The maximum Gasteiger partial charge on any atom is 0.354 e. The van der Waals surface area contributed by atoms with Crippen LogP contribution in [0.2, 0.25) is 0 Å². The van der Waals surface area contributed by atoms with Gasteiger partial charge in [0, 0.05) is 37.4 Å². The average Bonchev–Trinajstić information content (AvgIpc) is 3.43. The van der Waals surface area contributed by atoms with Crippen molar-refractivity contribution in [1.82, 2.24) is 4.90 Å². The first-order valence-corrected chi connectivity index (χ1v) is 16.1. The van der Waals surface area contributed by atoms with Crippen molar-refractivity contribution in [2.75, 3.05) is 61.8 Å². The highest BCUT2D eigenvalue weighted by molar-refractivity contribution is 6.39. The fourth-order valence-electron chi connectivity index (χ4n) is 6.12. The summed E-state index contributed by atoms with van der Waals surface area (Å²) in [5.41, 5.74) is 0.844. The van der Waals surface area contributed by atoms with Crippen molar-refractivity contribution in [1.29, 1.82) is 0 Å². The average molecular weight is 622 g/mol. The lowest BCUT2D eigenvalue weighted by Gasteiger charge is -2.48. The molecule has 1 N–H and O–H groups in total. The van der Waals surface area contributed by atoms with Gasteiger partial charge in [0.1, 0.15) is 5.75 Å². The fraction of sp³-hybridized carbons (Fsp3) is 0.529. The standard InChI is InChI=1S/C31H39N5O6.C3H8/c1-4-26-28(29(38)42-5-2)33-36(24-13-15-25(40-3)16-14-24)31(26,34-18-20-41-21-19-34)30(39)32-22-9-11-23(12-10-22)35-17-7-6-8-27(35)37;1-3-2/h9-16,26H,4-8,17-21H2,1-3H3,(H,32,39);3H2,1-2H3. The highest BCUT2D eigenvalue weighted by atomic mass is 16.5. The number of methoxy groups -OCH3 is 1. The number of anilines is 3. The molecule has 2 fully saturated rings. The van der Waals surface area contributed by atoms with Crippen LogP contribution >= 0.6 is 0 Å². The van der Waals surface area contributed by atoms with Crippen molar-refractivity contribution in [2.45, 2.75) is 65.5 Å². The van der Waals surface area contributed by atoms with Gasteiger partial charge in [0.25, 0.3) is 5.91 Å². The Morgan fingerprint density at radius 2 is 1.60 bits per heavy atom. The summed E-state index contributed by atoms with van der Waals surface area (Å²) in [5.74, 6) is -0.687. The smallest absolute Gasteiger partial charge is 0.354 e. The van der Waals surface area contributed by atoms with Gasteiger partial charge in [-0.05, 0) is 74.7 Å². The Labute approximate surface area is 266 Å². The predicted octanol–water partition coefficient (Wildman–Crippen LogP) is 5.06. The van der Waals surface area contributed by atoms with Crippen molar-refractivity contribution < 1.29 is 28.6 Å². The van der Waals surface area contributed by atoms with Gasteiger partial charge in [-0.15, -0.1) is 0 Å². The Balaban J connectivity index is 0.00000148. The molecule has 2 atom stereocenters. The number of amides is 2. The van der Waals surface area contributed by atoms with Gasteiger partial charge in [-0.25, -0.2) is 9.80 Å². The van der Waals surface area contributed by atoms with Crippen LogP contribution in [0.4, 0.5) is 17.1 Å². The molecule has 3 aliphatic heterocycles. The number of benzene rings is 2. The maximum atomic E-state index is 14.7. The van der Waals surface area contributed by atoms with E-state index in [1.165, 1.54) is 6.42 Å². The van der Waals surface area contributed by atoms with E-state index >= 15 is 0 Å². The zero-order valence-corrected chi connectivity index (χ0v) is 27.2. The third-order valence-electron chi connectivity index (χ3n) is 8.14. The monoisotopic (exact) mass is 621 g/mol. The first-order chi connectivity index (χ1) is 21.8. The van der Waals surface area contributed by atoms with E-state index in [-0.39, 0.29) is 24.1 Å². The highest BCUT2D eigenvalue weighted by Gasteiger charge is 2.62. The first kappa shape index (κ1) is 33.9. The first-order valence-electron chi connectivity index (χ1n) is 16.1. The summed E-state index contributed by atoms with van der Waals surface area (Å²) in [7, 11) is 1.59. The summed E-state index contributed by atoms with van der Waals surface area (Å²) < 4.78 is 16.4. The topological polar surface area (TPSA) is 113 Å². The Morgan fingerprint density at radius 1 is 0.956 bits per heavy atom. The minimum Gasteiger partial charge on any atom is -0.497 e. The Kier molecular flexibility index (Phi) is 12.0. The molecule has 0 aromatic heterocycles. The van der Waals surface area contributed by atoms with Crippen LogP contribution in [0.3, 0.4) is 0 Å². The molecule has 11 heteroatoms. The molecular formula is C34H47N5O6. The maximum absolute atomic E-state index is 14.7. The number of nitrogens with one attached hydrogen (secondary N) is 1. The number of esters is 1. The molecular weight excluding hydrogens is 574 g/mol. The summed E-state index contributed by atoms with van der Waals surface area (Å²) >= 11 is 0. The van der Waals surface area contributed by atoms with Crippen LogP contribution in [0.15, 0.2) is 53.6 Å². The second kappa shape index (κ2) is 15.9. The van der Waals surface area contributed by atoms with Crippen LogP contribution in [0.25, 0.3) is 0 Å². The van der Waals surface area contributed by atoms with Crippen LogP contribution in [0.5, 0.6) is 5.75 Å². The number of piperidine rings is 1. The second-order valence-electron chi connectivity index (χ2n) is 11.2. The van der Waals surface area contributed by atoms with Crippen LogP contribution in [0.1, 0.15) is 59.8 Å². The third kappa shape index (κ3) is 7.15. The largest absolute Gasteiger partial charge is 0.497 e. The molecule has 2 unspecified atom stereocenters. The minimum absolute atomic E-state index is 0.111. The number of hydrogen-bond acceptors (Lipinski definition) is 9. The molecule has 0 spiro atoms. The normalized spacial score (nSPS) is 21.8. The van der Waals surface area contributed by atoms with E-state index in [1.54, 1.807) is 36.1 Å². The molecule has 0 bridgehead atoms. The molecule has 0 aliphatic carbocycles. The van der Waals surface area contributed by atoms with Crippen molar-refractivity contribution in [3.8, 4) is 5.75 Å². The molecule has 0 saturated carbocycles. The lowest BCUT2D eigenvalue weighted by molar-refractivity contribution is -0.136. The van der Waals surface area contributed by atoms with Crippen LogP contribution in [0, 0.1) is 5.92 Å². The quantitative estimate of drug-likeness (QED) is 0.387. The number of morpholine rings is 1. The second-order valence-corrected chi connectivity index (χ2v) is 11.2. The van der Waals surface area contributed by atoms with Crippen molar-refractivity contribution in [2.24, 2.45) is 11.0 Å². The number of hydrazone groups is 1. The van der Waals surface area contributed by atoms with Crippen LogP contribution in [-0.4, -0.2) is 80.6 Å². The van der Waals surface area contributed by atoms with Crippen molar-refractivity contribution in [3.05, 3.63) is 48.5 Å². The lowest BCUT2D eigenvalue weighted by atomic mass is 9.83. The Bertz CT molecular complexity index is 1330. The summed E-state index contributed by atoms with van der Waals surface area (Å²) in [4.78, 5) is 44.3. The van der Waals surface area contributed by atoms with E-state index in [2.05, 4.69) is 24.1 Å². The van der Waals surface area contributed by atoms with Gasteiger partial charge in [-0.2, -0.15) is 5.10 Å². The molecule has 0 radical (unpaired) electrons. The number of rotatable bonds is 9. The molecule has 11 nitrogen and oxygen atoms in total. The Morgan fingerprint density at radius 3 is 2.18 bits per heavy atom. The van der Waals surface area contributed by atoms with Crippen LogP contribution in [-0.2, 0) is 23.9 Å². The summed E-state index contributed by atoms with van der Waals surface area (Å²) in [6.07, 6.45) is 4.13. The zero-order valence-electron chi connectivity index (χ0n) is 27.2. The fourth-order valence-corrected chi connectivity index (χ4v) is 6.12. The molecule has 2 aromatic rings. The molecule has 244 valence electrons. The van der Waals surface area contributed by atoms with Crippen molar-refractivity contribution in [3.63, 3.8) is 0 Å². The summed E-state index contributed by atoms with van der Waals surface area (Å²) in [5, 5.41) is 9.59. The van der Waals surface area contributed by atoms with E-state index in [1.807, 2.05) is 43.3 Å². The molecule has 2 saturated heterocycles. The molecule has 45 heavy (non-hydrogen) atoms. The SMILES string of the molecule is CCC.CCOC(=O)C1=NN(c2ccc(OC)cc2)C(C(=O)Nc2ccc(N3CCCCC3=O)cc2)(N2CCOCC2)C1CC. The third-order valence-corrected chi connectivity index (χ3v) is 8.14. The van der Waals surface area contributed by atoms with E-state index in [0.717, 1.165) is 18.5 Å². The minimum atomic E-state index is -1.38. The van der Waals surface area contributed by atoms with Gasteiger partial charge in [-0.3, -0.25) is 14.5 Å². The summed E-state index contributed by atoms with van der Waals surface area (Å²) in [6.45, 7) is 10.6. The van der Waals surface area contributed by atoms with Gasteiger partial charge < -0.3 is 24.4 Å². The molecule has 3 aliphatic rings. The number of nitrogens with zero attached hydrogens (tertiary/aromatic N) is 4. The van der Waals surface area contributed by atoms with Crippen LogP contribution < -0.4 is 20.0 Å². The van der Waals surface area contributed by atoms with E-state index in [4.69, 9.17) is 19.3 Å². The highest BCUT2D eigenvalue weighted by Crippen LogP contribution is 2.43. The number of ether oxygens (including phenoxy) is 3. The Hall–Kier alpha value is -3.96. The molecule has 5 rings (SSSR count). The van der Waals surface area contributed by atoms with Gasteiger partial charge >= 0.3 is 5.97 Å². The lowest BCUT2D eigenvalue weighted by Crippen LogP contribution is -2.70. The van der Waals surface area contributed by atoms with Gasteiger partial charge in [0.15, 0.2) is 5.71 Å².